The van der Waals surface area contributed by atoms with E-state index in [1.54, 1.807) is 12.1 Å². The molecule has 1 N–H and O–H groups in total. The minimum Gasteiger partial charge on any atom is -0.481 e. The third-order valence-electron chi connectivity index (χ3n) is 3.90. The van der Waals surface area contributed by atoms with Crippen LogP contribution in [0.15, 0.2) is 16.6 Å². The number of hydrogen-bond donors (Lipinski definition) is 1. The van der Waals surface area contributed by atoms with Crippen LogP contribution >= 0.6 is 15.9 Å². The number of nitriles is 1. The van der Waals surface area contributed by atoms with Crippen molar-refractivity contribution in [1.29, 1.82) is 5.26 Å². The number of carboxylic acid groups (broad SMARTS) is 1. The maximum Gasteiger partial charge on any atom is 0.303 e. The monoisotopic (exact) mass is 354 g/mol. The minimum atomic E-state index is -0.764. The maximum atomic E-state index is 14.3. The standard InChI is InChI=1S/C15H16BrFN2O2/c16-14-11(9-18)2-3-12(15(14)17)19-7-5-10(6-8-19)1-4-13(20)21/h2-3,10H,1,4-8H2,(H,20,21). The Morgan fingerprint density at radius 1 is 1.48 bits per heavy atom. The van der Waals surface area contributed by atoms with Crippen LogP contribution in [0.5, 0.6) is 0 Å². The zero-order chi connectivity index (χ0) is 15.4. The van der Waals surface area contributed by atoms with Gasteiger partial charge in [0.1, 0.15) is 6.07 Å². The Bertz CT molecular complexity index is 578. The highest BCUT2D eigenvalue weighted by molar-refractivity contribution is 9.10. The number of nitrogens with zero attached hydrogens (tertiary/aromatic N) is 2. The van der Waals surface area contributed by atoms with E-state index in [1.165, 1.54) is 0 Å². The third kappa shape index (κ3) is 3.73. The largest absolute Gasteiger partial charge is 0.481 e. The topological polar surface area (TPSA) is 64.3 Å². The van der Waals surface area contributed by atoms with Gasteiger partial charge >= 0.3 is 5.97 Å². The second-order valence-electron chi connectivity index (χ2n) is 5.23. The Labute approximate surface area is 131 Å². The number of anilines is 1. The molecule has 1 aromatic carbocycles. The second-order valence-corrected chi connectivity index (χ2v) is 6.03. The number of hydrogen-bond acceptors (Lipinski definition) is 3. The molecule has 1 saturated heterocycles. The van der Waals surface area contributed by atoms with Gasteiger partial charge in [0.2, 0.25) is 0 Å². The second kappa shape index (κ2) is 6.90. The molecular formula is C15H16BrFN2O2. The first-order valence-electron chi connectivity index (χ1n) is 6.87. The molecule has 112 valence electrons. The van der Waals surface area contributed by atoms with Crippen molar-refractivity contribution in [1.82, 2.24) is 0 Å². The fraction of sp³-hybridized carbons (Fsp3) is 0.467. The molecule has 0 bridgehead atoms. The van der Waals surface area contributed by atoms with Crippen molar-refractivity contribution in [2.24, 2.45) is 5.92 Å². The van der Waals surface area contributed by atoms with E-state index in [9.17, 15) is 9.18 Å². The molecule has 0 unspecified atom stereocenters. The van der Waals surface area contributed by atoms with Crippen LogP contribution in [0.2, 0.25) is 0 Å². The number of aliphatic carboxylic acids is 1. The molecule has 0 atom stereocenters. The Kier molecular flexibility index (Phi) is 5.18. The minimum absolute atomic E-state index is 0.196. The van der Waals surface area contributed by atoms with E-state index in [0.717, 1.165) is 12.8 Å². The molecule has 0 aromatic heterocycles. The molecule has 0 radical (unpaired) electrons. The lowest BCUT2D eigenvalue weighted by Gasteiger charge is -2.33. The van der Waals surface area contributed by atoms with Crippen molar-refractivity contribution >= 4 is 27.6 Å². The summed E-state index contributed by atoms with van der Waals surface area (Å²) < 4.78 is 14.5. The molecule has 1 aromatic rings. The first-order chi connectivity index (χ1) is 10.0. The van der Waals surface area contributed by atoms with Crippen molar-refractivity contribution in [3.05, 3.63) is 28.0 Å². The van der Waals surface area contributed by atoms with Crippen molar-refractivity contribution in [2.75, 3.05) is 18.0 Å². The normalized spacial score (nSPS) is 15.8. The third-order valence-corrected chi connectivity index (χ3v) is 4.68. The number of benzene rings is 1. The van der Waals surface area contributed by atoms with Crippen molar-refractivity contribution < 1.29 is 14.3 Å². The summed E-state index contributed by atoms with van der Waals surface area (Å²) >= 11 is 3.12. The summed E-state index contributed by atoms with van der Waals surface area (Å²) in [6, 6.07) is 5.18. The van der Waals surface area contributed by atoms with E-state index in [-0.39, 0.29) is 16.5 Å². The summed E-state index contributed by atoms with van der Waals surface area (Å²) in [5.41, 5.74) is 0.783. The van der Waals surface area contributed by atoms with E-state index in [4.69, 9.17) is 10.4 Å². The van der Waals surface area contributed by atoms with Crippen LogP contribution < -0.4 is 4.90 Å². The first kappa shape index (κ1) is 15.8. The molecule has 4 nitrogen and oxygen atoms in total. The van der Waals surface area contributed by atoms with Gasteiger partial charge in [-0.15, -0.1) is 0 Å². The van der Waals surface area contributed by atoms with E-state index in [1.807, 2.05) is 11.0 Å². The number of piperidine rings is 1. The van der Waals surface area contributed by atoms with Gasteiger partial charge in [0, 0.05) is 19.5 Å². The van der Waals surface area contributed by atoms with Crippen LogP contribution in [-0.2, 0) is 4.79 Å². The molecule has 0 amide bonds. The quantitative estimate of drug-likeness (QED) is 0.897. The molecular weight excluding hydrogens is 339 g/mol. The maximum absolute atomic E-state index is 14.3. The number of carboxylic acids is 1. The van der Waals surface area contributed by atoms with E-state index in [0.29, 0.717) is 31.1 Å². The molecule has 6 heteroatoms. The van der Waals surface area contributed by atoms with Crippen molar-refractivity contribution in [2.45, 2.75) is 25.7 Å². The molecule has 1 aliphatic rings. The molecule has 0 spiro atoms. The van der Waals surface area contributed by atoms with Crippen LogP contribution in [0, 0.1) is 23.1 Å². The summed E-state index contributed by atoms with van der Waals surface area (Å²) in [6.07, 6.45) is 2.61. The lowest BCUT2D eigenvalue weighted by atomic mass is 9.92. The first-order valence-corrected chi connectivity index (χ1v) is 7.67. The Balaban J connectivity index is 2.01. The Morgan fingerprint density at radius 3 is 2.71 bits per heavy atom. The van der Waals surface area contributed by atoms with Crippen LogP contribution in [0.3, 0.4) is 0 Å². The van der Waals surface area contributed by atoms with Gasteiger partial charge in [-0.25, -0.2) is 4.39 Å². The Hall–Kier alpha value is -1.61. The summed E-state index contributed by atoms with van der Waals surface area (Å²) in [5, 5.41) is 17.6. The van der Waals surface area contributed by atoms with Crippen molar-refractivity contribution in [3.8, 4) is 6.07 Å². The molecule has 0 saturated carbocycles. The van der Waals surface area contributed by atoms with Crippen molar-refractivity contribution in [3.63, 3.8) is 0 Å². The van der Waals surface area contributed by atoms with Crippen LogP contribution in [0.25, 0.3) is 0 Å². The van der Waals surface area contributed by atoms with Crippen LogP contribution in [-0.4, -0.2) is 24.2 Å². The van der Waals surface area contributed by atoms with Gasteiger partial charge in [-0.1, -0.05) is 0 Å². The average Bonchev–Trinajstić information content (AvgIpc) is 2.48. The van der Waals surface area contributed by atoms with Gasteiger partial charge in [0.25, 0.3) is 0 Å². The van der Waals surface area contributed by atoms with Gasteiger partial charge in [0.15, 0.2) is 5.82 Å². The molecule has 2 rings (SSSR count). The van der Waals surface area contributed by atoms with Crippen LogP contribution in [0.4, 0.5) is 10.1 Å². The SMILES string of the molecule is N#Cc1ccc(N2CCC(CCC(=O)O)CC2)c(F)c1Br. The van der Waals surface area contributed by atoms with Gasteiger partial charge in [-0.05, 0) is 53.2 Å². The van der Waals surface area contributed by atoms with Gasteiger partial charge < -0.3 is 10.0 Å². The molecule has 1 aliphatic heterocycles. The zero-order valence-corrected chi connectivity index (χ0v) is 13.1. The van der Waals surface area contributed by atoms with Gasteiger partial charge in [0.05, 0.1) is 15.7 Å². The highest BCUT2D eigenvalue weighted by Crippen LogP contribution is 2.32. The number of rotatable bonds is 4. The number of carbonyl (C=O) groups is 1. The summed E-state index contributed by atoms with van der Waals surface area (Å²) in [4.78, 5) is 12.5. The van der Waals surface area contributed by atoms with Crippen LogP contribution in [0.1, 0.15) is 31.2 Å². The van der Waals surface area contributed by atoms with E-state index in [2.05, 4.69) is 15.9 Å². The lowest BCUT2D eigenvalue weighted by Crippen LogP contribution is -2.34. The Morgan fingerprint density at radius 2 is 2.14 bits per heavy atom. The summed E-state index contributed by atoms with van der Waals surface area (Å²) in [5.74, 6) is -0.778. The summed E-state index contributed by atoms with van der Waals surface area (Å²) in [6.45, 7) is 1.42. The summed E-state index contributed by atoms with van der Waals surface area (Å²) in [7, 11) is 0. The molecule has 1 fully saturated rings. The van der Waals surface area contributed by atoms with Gasteiger partial charge in [-0.2, -0.15) is 5.26 Å². The highest BCUT2D eigenvalue weighted by Gasteiger charge is 2.23. The van der Waals surface area contributed by atoms with Gasteiger partial charge in [-0.3, -0.25) is 4.79 Å². The zero-order valence-electron chi connectivity index (χ0n) is 11.5. The molecule has 1 heterocycles. The molecule has 0 aliphatic carbocycles. The average molecular weight is 355 g/mol. The fourth-order valence-electron chi connectivity index (χ4n) is 2.66. The molecule has 21 heavy (non-hydrogen) atoms. The highest BCUT2D eigenvalue weighted by atomic mass is 79.9. The smallest absolute Gasteiger partial charge is 0.303 e. The lowest BCUT2D eigenvalue weighted by molar-refractivity contribution is -0.137. The predicted molar refractivity (Wildman–Crippen MR) is 80.6 cm³/mol. The van der Waals surface area contributed by atoms with E-state index < -0.39 is 11.8 Å². The fourth-order valence-corrected chi connectivity index (χ4v) is 3.08. The van der Waals surface area contributed by atoms with E-state index >= 15 is 0 Å². The predicted octanol–water partition coefficient (Wildman–Crippen LogP) is 3.54. The number of halogens is 2.